The van der Waals surface area contributed by atoms with Crippen LogP contribution in [-0.2, 0) is 4.79 Å². The molecule has 8 heteroatoms. The zero-order valence-corrected chi connectivity index (χ0v) is 18.3. The molecule has 2 unspecified atom stereocenters. The monoisotopic (exact) mass is 467 g/mol. The summed E-state index contributed by atoms with van der Waals surface area (Å²) in [6.45, 7) is 0. The SMILES string of the molecule is N#CC1=C(N)N(c2ccc(Cl)cc2)C(=O)C(C(=O)c2cccs2)C1c1ccc(Cl)cc1. The summed E-state index contributed by atoms with van der Waals surface area (Å²) in [5.74, 6) is -2.85. The van der Waals surface area contributed by atoms with Crippen LogP contribution in [0.2, 0.25) is 10.0 Å². The highest BCUT2D eigenvalue weighted by molar-refractivity contribution is 7.12. The van der Waals surface area contributed by atoms with E-state index in [1.807, 2.05) is 0 Å². The number of nitrogens with two attached hydrogens (primary N) is 1. The number of anilines is 1. The quantitative estimate of drug-likeness (QED) is 0.412. The number of ketones is 1. The molecule has 31 heavy (non-hydrogen) atoms. The number of rotatable bonds is 4. The number of hydrogen-bond acceptors (Lipinski definition) is 5. The molecule has 0 aliphatic carbocycles. The van der Waals surface area contributed by atoms with Crippen LogP contribution in [0.25, 0.3) is 0 Å². The van der Waals surface area contributed by atoms with Crippen molar-refractivity contribution in [3.63, 3.8) is 0 Å². The maximum absolute atomic E-state index is 13.7. The van der Waals surface area contributed by atoms with Gasteiger partial charge < -0.3 is 5.73 Å². The van der Waals surface area contributed by atoms with Crippen molar-refractivity contribution in [2.45, 2.75) is 5.92 Å². The van der Waals surface area contributed by atoms with E-state index in [1.54, 1.807) is 66.0 Å². The van der Waals surface area contributed by atoms with Crippen molar-refractivity contribution in [2.24, 2.45) is 11.7 Å². The third-order valence-corrected chi connectivity index (χ3v) is 6.52. The predicted octanol–water partition coefficient (Wildman–Crippen LogP) is 5.38. The Bertz CT molecular complexity index is 1210. The number of carbonyl (C=O) groups excluding carboxylic acids is 2. The number of halogens is 2. The van der Waals surface area contributed by atoms with Crippen molar-refractivity contribution < 1.29 is 9.59 Å². The number of amides is 1. The molecule has 3 aromatic rings. The Morgan fingerprint density at radius 3 is 2.19 bits per heavy atom. The van der Waals surface area contributed by atoms with E-state index in [2.05, 4.69) is 6.07 Å². The van der Waals surface area contributed by atoms with E-state index in [4.69, 9.17) is 28.9 Å². The summed E-state index contributed by atoms with van der Waals surface area (Å²) in [5, 5.41) is 12.8. The number of hydrogen-bond donors (Lipinski definition) is 1. The van der Waals surface area contributed by atoms with Gasteiger partial charge in [-0.2, -0.15) is 5.26 Å². The smallest absolute Gasteiger partial charge is 0.244 e. The molecule has 4 rings (SSSR count). The molecular weight excluding hydrogens is 453 g/mol. The van der Waals surface area contributed by atoms with Gasteiger partial charge in [0.05, 0.1) is 22.2 Å². The van der Waals surface area contributed by atoms with Crippen LogP contribution < -0.4 is 10.6 Å². The second-order valence-electron chi connectivity index (χ2n) is 6.91. The molecule has 0 saturated heterocycles. The van der Waals surface area contributed by atoms with Crippen LogP contribution >= 0.6 is 34.5 Å². The third kappa shape index (κ3) is 3.84. The summed E-state index contributed by atoms with van der Waals surface area (Å²) in [7, 11) is 0. The second kappa shape index (κ2) is 8.56. The number of thiophene rings is 1. The van der Waals surface area contributed by atoms with Gasteiger partial charge in [0.2, 0.25) is 5.91 Å². The van der Waals surface area contributed by atoms with Crippen molar-refractivity contribution in [3.8, 4) is 6.07 Å². The minimum Gasteiger partial charge on any atom is -0.384 e. The first kappa shape index (κ1) is 21.1. The van der Waals surface area contributed by atoms with E-state index < -0.39 is 17.7 Å². The van der Waals surface area contributed by atoms with E-state index >= 15 is 0 Å². The fourth-order valence-corrected chi connectivity index (χ4v) is 4.65. The number of nitriles is 1. The van der Waals surface area contributed by atoms with Gasteiger partial charge in [0, 0.05) is 16.0 Å². The second-order valence-corrected chi connectivity index (χ2v) is 8.73. The highest BCUT2D eigenvalue weighted by atomic mass is 35.5. The van der Waals surface area contributed by atoms with Crippen LogP contribution in [0.15, 0.2) is 77.4 Å². The average molecular weight is 468 g/mol. The summed E-state index contributed by atoms with van der Waals surface area (Å²) in [6, 6.07) is 18.7. The molecule has 2 aromatic carbocycles. The zero-order chi connectivity index (χ0) is 22.1. The van der Waals surface area contributed by atoms with Gasteiger partial charge in [0.15, 0.2) is 5.78 Å². The van der Waals surface area contributed by atoms with Crippen LogP contribution in [0.4, 0.5) is 5.69 Å². The number of benzene rings is 2. The third-order valence-electron chi connectivity index (χ3n) is 5.13. The topological polar surface area (TPSA) is 87.2 Å². The molecule has 2 atom stereocenters. The molecule has 1 aliphatic rings. The maximum Gasteiger partial charge on any atom is 0.244 e. The van der Waals surface area contributed by atoms with Crippen LogP contribution in [0.5, 0.6) is 0 Å². The molecule has 0 radical (unpaired) electrons. The number of carbonyl (C=O) groups is 2. The van der Waals surface area contributed by atoms with Crippen LogP contribution in [0, 0.1) is 17.2 Å². The number of Topliss-reactive ketones (excluding diaryl/α,β-unsaturated/α-hetero) is 1. The molecule has 1 amide bonds. The van der Waals surface area contributed by atoms with Gasteiger partial charge >= 0.3 is 0 Å². The summed E-state index contributed by atoms with van der Waals surface area (Å²) in [5.41, 5.74) is 7.52. The molecule has 1 aromatic heterocycles. The molecule has 2 heterocycles. The molecular formula is C23H15Cl2N3O2S. The first-order valence-corrected chi connectivity index (χ1v) is 10.9. The normalized spacial score (nSPS) is 18.7. The molecule has 0 bridgehead atoms. The predicted molar refractivity (Wildman–Crippen MR) is 122 cm³/mol. The van der Waals surface area contributed by atoms with Gasteiger partial charge in [-0.25, -0.2) is 0 Å². The average Bonchev–Trinajstić information content (AvgIpc) is 3.30. The van der Waals surface area contributed by atoms with E-state index in [1.165, 1.54) is 16.2 Å². The van der Waals surface area contributed by atoms with E-state index in [-0.39, 0.29) is 17.2 Å². The fraction of sp³-hybridized carbons (Fsp3) is 0.0870. The number of nitrogens with zero attached hydrogens (tertiary/aromatic N) is 2. The maximum atomic E-state index is 13.7. The Hall–Kier alpha value is -3.11. The van der Waals surface area contributed by atoms with E-state index in [0.29, 0.717) is 26.2 Å². The Morgan fingerprint density at radius 2 is 1.65 bits per heavy atom. The van der Waals surface area contributed by atoms with Crippen LogP contribution in [0.1, 0.15) is 21.2 Å². The lowest BCUT2D eigenvalue weighted by molar-refractivity contribution is -0.121. The first-order chi connectivity index (χ1) is 14.9. The van der Waals surface area contributed by atoms with Crippen LogP contribution in [-0.4, -0.2) is 11.7 Å². The first-order valence-electron chi connectivity index (χ1n) is 9.25. The summed E-state index contributed by atoms with van der Waals surface area (Å²) < 4.78 is 0. The van der Waals surface area contributed by atoms with Crippen molar-refractivity contribution in [3.05, 3.63) is 97.9 Å². The Morgan fingerprint density at radius 1 is 1.03 bits per heavy atom. The van der Waals surface area contributed by atoms with Crippen molar-refractivity contribution in [1.82, 2.24) is 0 Å². The highest BCUT2D eigenvalue weighted by Crippen LogP contribution is 2.42. The van der Waals surface area contributed by atoms with Gasteiger partial charge in [-0.15, -0.1) is 11.3 Å². The van der Waals surface area contributed by atoms with Crippen LogP contribution in [0.3, 0.4) is 0 Å². The van der Waals surface area contributed by atoms with Crippen molar-refractivity contribution in [1.29, 1.82) is 5.26 Å². The van der Waals surface area contributed by atoms with Gasteiger partial charge in [-0.1, -0.05) is 41.4 Å². The lowest BCUT2D eigenvalue weighted by atomic mass is 9.75. The van der Waals surface area contributed by atoms with Crippen molar-refractivity contribution in [2.75, 3.05) is 4.90 Å². The Labute approximate surface area is 192 Å². The summed E-state index contributed by atoms with van der Waals surface area (Å²) in [4.78, 5) is 28.8. The molecule has 5 nitrogen and oxygen atoms in total. The lowest BCUT2D eigenvalue weighted by Crippen LogP contribution is -2.49. The molecule has 1 aliphatic heterocycles. The molecule has 2 N–H and O–H groups in total. The standard InChI is InChI=1S/C23H15Cl2N3O2S/c24-14-5-3-13(4-6-14)19-17(12-26)22(27)28(16-9-7-15(25)8-10-16)23(30)20(19)21(29)18-2-1-11-31-18/h1-11,19-20H,27H2. The Kier molecular flexibility index (Phi) is 5.84. The van der Waals surface area contributed by atoms with Gasteiger partial charge in [0.25, 0.3) is 0 Å². The lowest BCUT2D eigenvalue weighted by Gasteiger charge is -2.37. The number of allylic oxidation sites excluding steroid dienone is 1. The van der Waals surface area contributed by atoms with Gasteiger partial charge in [0.1, 0.15) is 11.7 Å². The minimum absolute atomic E-state index is 0.00926. The zero-order valence-electron chi connectivity index (χ0n) is 16.0. The molecule has 0 spiro atoms. The summed E-state index contributed by atoms with van der Waals surface area (Å²) >= 11 is 13.2. The molecule has 0 saturated carbocycles. The fourth-order valence-electron chi connectivity index (χ4n) is 3.69. The van der Waals surface area contributed by atoms with E-state index in [9.17, 15) is 14.9 Å². The largest absolute Gasteiger partial charge is 0.384 e. The summed E-state index contributed by atoms with van der Waals surface area (Å²) in [6.07, 6.45) is 0. The minimum atomic E-state index is -1.16. The molecule has 154 valence electrons. The molecule has 0 fully saturated rings. The van der Waals surface area contributed by atoms with E-state index in [0.717, 1.165) is 0 Å². The van der Waals surface area contributed by atoms with Gasteiger partial charge in [-0.3, -0.25) is 14.5 Å². The Balaban J connectivity index is 1.93. The highest BCUT2D eigenvalue weighted by Gasteiger charge is 2.47. The van der Waals surface area contributed by atoms with Gasteiger partial charge in [-0.05, 0) is 53.4 Å². The van der Waals surface area contributed by atoms with Crippen molar-refractivity contribution >= 4 is 51.9 Å².